The van der Waals surface area contributed by atoms with E-state index in [1.807, 2.05) is 36.7 Å². The zero-order valence-corrected chi connectivity index (χ0v) is 22.5. The summed E-state index contributed by atoms with van der Waals surface area (Å²) in [4.78, 5) is 44.8. The molecule has 1 aromatic carbocycles. The number of thiazole rings is 1. The summed E-state index contributed by atoms with van der Waals surface area (Å²) >= 11 is -0.135. The molecule has 3 unspecified atom stereocenters. The van der Waals surface area contributed by atoms with E-state index in [2.05, 4.69) is 15.6 Å². The van der Waals surface area contributed by atoms with E-state index >= 15 is 0 Å². The number of aryl methyl sites for hydroxylation is 1. The van der Waals surface area contributed by atoms with Crippen LogP contribution in [0.5, 0.6) is 0 Å². The summed E-state index contributed by atoms with van der Waals surface area (Å²) < 4.78 is 8.64. The maximum atomic E-state index is 13.3. The molecule has 2 heterocycles. The Morgan fingerprint density at radius 3 is 2.50 bits per heavy atom. The van der Waals surface area contributed by atoms with Gasteiger partial charge in [0.2, 0.25) is 0 Å². The molecule has 0 bridgehead atoms. The summed E-state index contributed by atoms with van der Waals surface area (Å²) in [6.07, 6.45) is -0.706. The molecule has 1 aromatic heterocycles. The average molecular weight is 601 g/mol. The number of likely N-dealkylation sites (tertiary alicyclic amines) is 1. The number of carbonyl (C=O) groups excluding carboxylic acids is 3. The Kier molecular flexibility index (Phi) is 8.66. The van der Waals surface area contributed by atoms with Gasteiger partial charge in [0.25, 0.3) is 0 Å². The van der Waals surface area contributed by atoms with Crippen molar-refractivity contribution in [2.45, 2.75) is 58.8 Å². The summed E-state index contributed by atoms with van der Waals surface area (Å²) in [5, 5.41) is 15.7. The summed E-state index contributed by atoms with van der Waals surface area (Å²) in [6, 6.07) is 6.08. The van der Waals surface area contributed by atoms with Crippen molar-refractivity contribution < 1.29 is 44.5 Å². The summed E-state index contributed by atoms with van der Waals surface area (Å²) in [5.74, 6) is -0.805. The molecule has 1 saturated heterocycles. The molecule has 3 atom stereocenters. The molecule has 34 heavy (non-hydrogen) atoms. The second kappa shape index (κ2) is 11.1. The van der Waals surface area contributed by atoms with Gasteiger partial charge in [-0.3, -0.25) is 0 Å². The number of aliphatic hydroxyl groups is 1. The monoisotopic (exact) mass is 601 g/mol. The van der Waals surface area contributed by atoms with Gasteiger partial charge in [0.15, 0.2) is 0 Å². The van der Waals surface area contributed by atoms with Crippen LogP contribution in [0, 0.1) is 12.3 Å². The van der Waals surface area contributed by atoms with Gasteiger partial charge in [-0.05, 0) is 12.5 Å². The first-order valence-electron chi connectivity index (χ1n) is 10.9. The zero-order valence-electron chi connectivity index (χ0n) is 19.5. The van der Waals surface area contributed by atoms with Crippen molar-refractivity contribution in [3.8, 4) is 10.4 Å². The molecule has 1 aliphatic heterocycles. The van der Waals surface area contributed by atoms with Crippen molar-refractivity contribution in [2.24, 2.45) is 5.41 Å². The normalized spacial score (nSPS) is 19.2. The number of aliphatic hydroxyl groups excluding tert-OH is 1. The zero-order chi connectivity index (χ0) is 25.0. The fraction of sp³-hybridized carbons (Fsp3) is 0.478. The molecular formula is C23H30IN4O5S-. The molecule has 0 aliphatic carbocycles. The summed E-state index contributed by atoms with van der Waals surface area (Å²) in [7, 11) is 0. The van der Waals surface area contributed by atoms with Gasteiger partial charge in [-0.25, -0.2) is 4.98 Å². The molecule has 0 spiro atoms. The van der Waals surface area contributed by atoms with Crippen molar-refractivity contribution in [3.63, 3.8) is 0 Å². The van der Waals surface area contributed by atoms with Crippen LogP contribution in [-0.4, -0.2) is 58.9 Å². The Morgan fingerprint density at radius 2 is 1.94 bits per heavy atom. The fourth-order valence-electron chi connectivity index (χ4n) is 3.92. The minimum absolute atomic E-state index is 0.0104. The molecule has 3 amide bonds. The molecule has 9 nitrogen and oxygen atoms in total. The number of amides is 3. The first-order chi connectivity index (χ1) is 16.0. The van der Waals surface area contributed by atoms with E-state index < -0.39 is 55.0 Å². The van der Waals surface area contributed by atoms with E-state index in [1.165, 1.54) is 4.90 Å². The van der Waals surface area contributed by atoms with E-state index in [-0.39, 0.29) is 25.4 Å². The van der Waals surface area contributed by atoms with Gasteiger partial charge in [0.1, 0.15) is 0 Å². The van der Waals surface area contributed by atoms with Crippen LogP contribution in [0.25, 0.3) is 10.4 Å². The number of nitrogens with zero attached hydrogens (tertiary/aromatic N) is 2. The third kappa shape index (κ3) is 6.32. The molecule has 2 aromatic rings. The average Bonchev–Trinajstić information content (AvgIpc) is 3.40. The number of benzene rings is 1. The van der Waals surface area contributed by atoms with Crippen molar-refractivity contribution in [1.82, 2.24) is 20.5 Å². The van der Waals surface area contributed by atoms with Crippen LogP contribution in [0.3, 0.4) is 0 Å². The molecule has 0 radical (unpaired) electrons. The molecule has 186 valence electrons. The van der Waals surface area contributed by atoms with Crippen LogP contribution in [0.4, 0.5) is 4.79 Å². The molecular weight excluding hydrogens is 571 g/mol. The Labute approximate surface area is 213 Å². The third-order valence-corrected chi connectivity index (χ3v) is 7.47. The Bertz CT molecular complexity index is 1040. The Hall–Kier alpha value is -2.09. The third-order valence-electron chi connectivity index (χ3n) is 5.74. The van der Waals surface area contributed by atoms with E-state index in [0.717, 1.165) is 21.7 Å². The summed E-state index contributed by atoms with van der Waals surface area (Å²) in [5.41, 5.74) is 4.11. The van der Waals surface area contributed by atoms with Crippen LogP contribution in [0.15, 0.2) is 29.8 Å². The Morgan fingerprint density at radius 1 is 1.26 bits per heavy atom. The number of nitrogens with one attached hydrogen (secondary N) is 2. The van der Waals surface area contributed by atoms with Crippen LogP contribution in [0.2, 0.25) is 0 Å². The topological polar surface area (TPSA) is 132 Å². The number of hydrogen-bond donors (Lipinski definition) is 4. The van der Waals surface area contributed by atoms with E-state index in [1.54, 1.807) is 32.1 Å². The van der Waals surface area contributed by atoms with Crippen LogP contribution in [0.1, 0.15) is 38.4 Å². The molecule has 3 rings (SSSR count). The van der Waals surface area contributed by atoms with Gasteiger partial charge >= 0.3 is 170 Å². The summed E-state index contributed by atoms with van der Waals surface area (Å²) in [6.45, 7) is 7.64. The van der Waals surface area contributed by atoms with Crippen LogP contribution in [-0.2, 0) is 16.1 Å². The van der Waals surface area contributed by atoms with E-state index in [4.69, 9.17) is 0 Å². The molecule has 4 N–H and O–H groups in total. The van der Waals surface area contributed by atoms with Crippen molar-refractivity contribution in [1.29, 1.82) is 0 Å². The maximum absolute atomic E-state index is 13.3. The number of halogens is 1. The van der Waals surface area contributed by atoms with Crippen molar-refractivity contribution >= 4 is 27.1 Å². The predicted molar refractivity (Wildman–Crippen MR) is 124 cm³/mol. The standard InChI is InChI=1S/C23H30IN4O5S/c1-13-18(34-12-26-13)15-7-5-14(6-8-15)10-25-20(30)17-9-16(29)11-28(17)21(31)19(23(2,3)4)27-22(32)24-33/h5-8,12,16-17,19,29,33H,9-11H2,1-4H3,(H,25,30)(H,27,32)/q-1. The minimum atomic E-state index is -1.71. The molecule has 0 saturated carbocycles. The number of rotatable bonds is 7. The van der Waals surface area contributed by atoms with Gasteiger partial charge in [-0.2, -0.15) is 0 Å². The second-order valence-corrected chi connectivity index (χ2v) is 11.7. The SMILES string of the molecule is Cc1ncsc1-c1ccc(CNC(=O)C2CC(O)CN2C(=O)C(NC(=O)[I-]O)C(C)(C)C)cc1. The van der Waals surface area contributed by atoms with Gasteiger partial charge in [-0.15, -0.1) is 11.3 Å². The number of hydrogen-bond acceptors (Lipinski definition) is 7. The first kappa shape index (κ1) is 26.5. The van der Waals surface area contributed by atoms with Crippen molar-refractivity contribution in [3.05, 3.63) is 41.0 Å². The molecule has 1 aliphatic rings. The van der Waals surface area contributed by atoms with Crippen LogP contribution < -0.4 is 32.3 Å². The number of aromatic nitrogens is 1. The number of carbonyl (C=O) groups is 3. The molecule has 11 heteroatoms. The predicted octanol–water partition coefficient (Wildman–Crippen LogP) is -1.18. The van der Waals surface area contributed by atoms with Gasteiger partial charge in [0.05, 0.1) is 16.1 Å². The fourth-order valence-corrected chi connectivity index (χ4v) is 5.18. The van der Waals surface area contributed by atoms with Gasteiger partial charge in [0, 0.05) is 0 Å². The van der Waals surface area contributed by atoms with Crippen LogP contribution >= 0.6 is 11.3 Å². The first-order valence-corrected chi connectivity index (χ1v) is 13.8. The Balaban J connectivity index is 1.67. The van der Waals surface area contributed by atoms with Gasteiger partial charge < -0.3 is 0 Å². The van der Waals surface area contributed by atoms with Crippen molar-refractivity contribution in [2.75, 3.05) is 6.54 Å². The number of β-amino-alcohol motifs (C(OH)–C–C–N with tert-alkyl or cyclic N) is 1. The van der Waals surface area contributed by atoms with E-state index in [9.17, 15) is 22.9 Å². The second-order valence-electron chi connectivity index (χ2n) is 9.38. The van der Waals surface area contributed by atoms with Gasteiger partial charge in [-0.1, -0.05) is 0 Å². The molecule has 1 fully saturated rings. The quantitative estimate of drug-likeness (QED) is 0.180. The van der Waals surface area contributed by atoms with E-state index in [0.29, 0.717) is 0 Å².